The number of halogens is 1. The number of ether oxygens (including phenoxy) is 1. The van der Waals surface area contributed by atoms with Crippen LogP contribution in [0.5, 0.6) is 5.75 Å². The van der Waals surface area contributed by atoms with E-state index in [4.69, 9.17) is 9.72 Å². The van der Waals surface area contributed by atoms with Gasteiger partial charge in [-0.15, -0.1) is 0 Å². The molecule has 1 aromatic heterocycles. The maximum Gasteiger partial charge on any atom is 0.227 e. The van der Waals surface area contributed by atoms with Gasteiger partial charge in [0.1, 0.15) is 11.6 Å². The molecule has 0 radical (unpaired) electrons. The number of hydrogen-bond donors (Lipinski definition) is 0. The molecule has 1 aliphatic heterocycles. The molecule has 6 heteroatoms. The van der Waals surface area contributed by atoms with Gasteiger partial charge in [-0.05, 0) is 68.3 Å². The molecule has 1 saturated heterocycles. The molecule has 1 aliphatic rings. The van der Waals surface area contributed by atoms with Crippen molar-refractivity contribution in [2.24, 2.45) is 0 Å². The number of imidazole rings is 1. The van der Waals surface area contributed by atoms with E-state index in [0.717, 1.165) is 52.2 Å². The van der Waals surface area contributed by atoms with E-state index in [0.29, 0.717) is 19.6 Å². The number of amides is 1. The Morgan fingerprint density at radius 2 is 1.76 bits per heavy atom. The van der Waals surface area contributed by atoms with Gasteiger partial charge in [-0.3, -0.25) is 4.79 Å². The number of para-hydroxylation sites is 2. The van der Waals surface area contributed by atoms with E-state index < -0.39 is 0 Å². The van der Waals surface area contributed by atoms with Crippen LogP contribution in [0.15, 0.2) is 77.3 Å². The minimum absolute atomic E-state index is 0.0763. The van der Waals surface area contributed by atoms with E-state index in [1.807, 2.05) is 47.4 Å². The molecule has 1 amide bonds. The molecule has 1 unspecified atom stereocenters. The fraction of sp³-hybridized carbons (Fsp3) is 0.286. The van der Waals surface area contributed by atoms with Crippen molar-refractivity contribution in [3.05, 3.63) is 88.7 Å². The van der Waals surface area contributed by atoms with E-state index in [2.05, 4.69) is 57.8 Å². The number of carbonyl (C=O) groups is 1. The number of unbranched alkanes of at least 4 members (excludes halogenated alkanes) is 1. The van der Waals surface area contributed by atoms with Crippen molar-refractivity contribution in [1.29, 1.82) is 0 Å². The monoisotopic (exact) mass is 517 g/mol. The van der Waals surface area contributed by atoms with Crippen molar-refractivity contribution in [3.8, 4) is 5.75 Å². The number of aromatic nitrogens is 2. The van der Waals surface area contributed by atoms with Crippen molar-refractivity contribution in [1.82, 2.24) is 9.55 Å². The van der Waals surface area contributed by atoms with Gasteiger partial charge >= 0.3 is 0 Å². The van der Waals surface area contributed by atoms with Gasteiger partial charge in [0.05, 0.1) is 17.6 Å². The Bertz CT molecular complexity index is 1280. The average molecular weight is 518 g/mol. The van der Waals surface area contributed by atoms with Gasteiger partial charge in [0.25, 0.3) is 0 Å². The lowest BCUT2D eigenvalue weighted by Gasteiger charge is -2.17. The van der Waals surface area contributed by atoms with Crippen LogP contribution in [0.3, 0.4) is 0 Å². The quantitative estimate of drug-likeness (QED) is 0.251. The highest BCUT2D eigenvalue weighted by atomic mass is 79.9. The first kappa shape index (κ1) is 22.7. The molecule has 34 heavy (non-hydrogen) atoms. The molecular weight excluding hydrogens is 490 g/mol. The van der Waals surface area contributed by atoms with E-state index in [-0.39, 0.29) is 11.8 Å². The maximum absolute atomic E-state index is 12.9. The summed E-state index contributed by atoms with van der Waals surface area (Å²) in [5.74, 6) is 2.15. The van der Waals surface area contributed by atoms with Crippen LogP contribution in [0.4, 0.5) is 5.69 Å². The van der Waals surface area contributed by atoms with Crippen LogP contribution in [-0.4, -0.2) is 28.6 Å². The standard InChI is InChI=1S/C28H28BrN3O2/c1-20-8-14-24(15-9-20)34-17-5-4-16-31-26-7-3-2-6-25(26)30-28(31)21-18-27(33)32(19-21)23-12-10-22(29)11-13-23/h2-3,6-15,21H,4-5,16-19H2,1H3. The molecule has 0 aliphatic carbocycles. The number of carbonyl (C=O) groups excluding carboxylic acids is 1. The fourth-order valence-electron chi connectivity index (χ4n) is 4.59. The molecule has 174 valence electrons. The van der Waals surface area contributed by atoms with Gasteiger partial charge in [0, 0.05) is 35.6 Å². The Labute approximate surface area is 208 Å². The maximum atomic E-state index is 12.9. The number of fused-ring (bicyclic) bond motifs is 1. The molecule has 5 rings (SSSR count). The van der Waals surface area contributed by atoms with Crippen molar-refractivity contribution in [2.45, 2.75) is 38.6 Å². The molecule has 5 nitrogen and oxygen atoms in total. The van der Waals surface area contributed by atoms with E-state index in [9.17, 15) is 4.79 Å². The summed E-state index contributed by atoms with van der Waals surface area (Å²) in [6.45, 7) is 4.27. The molecule has 1 fully saturated rings. The van der Waals surface area contributed by atoms with Gasteiger partial charge < -0.3 is 14.2 Å². The van der Waals surface area contributed by atoms with E-state index >= 15 is 0 Å². The molecule has 1 atom stereocenters. The average Bonchev–Trinajstić information content (AvgIpc) is 3.41. The largest absolute Gasteiger partial charge is 0.494 e. The van der Waals surface area contributed by atoms with Gasteiger partial charge in [-0.25, -0.2) is 4.98 Å². The van der Waals surface area contributed by atoms with Crippen LogP contribution in [-0.2, 0) is 11.3 Å². The van der Waals surface area contributed by atoms with Crippen molar-refractivity contribution < 1.29 is 9.53 Å². The third-order valence-corrected chi connectivity index (χ3v) is 6.91. The van der Waals surface area contributed by atoms with Crippen molar-refractivity contribution >= 4 is 38.6 Å². The number of aryl methyl sites for hydroxylation is 2. The lowest BCUT2D eigenvalue weighted by molar-refractivity contribution is -0.117. The molecule has 0 spiro atoms. The molecule has 4 aromatic rings. The Kier molecular flexibility index (Phi) is 6.68. The third-order valence-electron chi connectivity index (χ3n) is 6.38. The summed E-state index contributed by atoms with van der Waals surface area (Å²) in [7, 11) is 0. The second kappa shape index (κ2) is 10.0. The van der Waals surface area contributed by atoms with Gasteiger partial charge in [0.2, 0.25) is 5.91 Å². The van der Waals surface area contributed by atoms with Crippen LogP contribution < -0.4 is 9.64 Å². The first-order chi connectivity index (χ1) is 16.6. The zero-order chi connectivity index (χ0) is 23.5. The number of rotatable bonds is 8. The molecule has 2 heterocycles. The summed E-state index contributed by atoms with van der Waals surface area (Å²) in [6.07, 6.45) is 2.42. The highest BCUT2D eigenvalue weighted by Gasteiger charge is 2.34. The van der Waals surface area contributed by atoms with Crippen LogP contribution in [0, 0.1) is 6.92 Å². The zero-order valence-corrected chi connectivity index (χ0v) is 20.9. The molecular formula is C28H28BrN3O2. The highest BCUT2D eigenvalue weighted by molar-refractivity contribution is 9.10. The summed E-state index contributed by atoms with van der Waals surface area (Å²) in [5.41, 5.74) is 4.29. The third kappa shape index (κ3) is 4.87. The summed E-state index contributed by atoms with van der Waals surface area (Å²) in [5, 5.41) is 0. The lowest BCUT2D eigenvalue weighted by atomic mass is 10.1. The normalized spacial score (nSPS) is 15.9. The fourth-order valence-corrected chi connectivity index (χ4v) is 4.85. The number of hydrogen-bond acceptors (Lipinski definition) is 3. The van der Waals surface area contributed by atoms with E-state index in [1.54, 1.807) is 0 Å². The number of anilines is 1. The minimum Gasteiger partial charge on any atom is -0.494 e. The smallest absolute Gasteiger partial charge is 0.227 e. The first-order valence-corrected chi connectivity index (χ1v) is 12.6. The van der Waals surface area contributed by atoms with Crippen molar-refractivity contribution in [3.63, 3.8) is 0 Å². The van der Waals surface area contributed by atoms with Gasteiger partial charge in [0.15, 0.2) is 0 Å². The van der Waals surface area contributed by atoms with E-state index in [1.165, 1.54) is 5.56 Å². The van der Waals surface area contributed by atoms with Crippen LogP contribution in [0.1, 0.15) is 36.6 Å². The minimum atomic E-state index is 0.0763. The topological polar surface area (TPSA) is 47.4 Å². The SMILES string of the molecule is Cc1ccc(OCCCCn2c(C3CC(=O)N(c4ccc(Br)cc4)C3)nc3ccccc32)cc1. The first-order valence-electron chi connectivity index (χ1n) is 11.8. The second-order valence-corrected chi connectivity index (χ2v) is 9.78. The highest BCUT2D eigenvalue weighted by Crippen LogP contribution is 2.33. The Hall–Kier alpha value is -3.12. The molecule has 3 aromatic carbocycles. The predicted octanol–water partition coefficient (Wildman–Crippen LogP) is 6.49. The van der Waals surface area contributed by atoms with Gasteiger partial charge in [-0.2, -0.15) is 0 Å². The number of benzene rings is 3. The summed E-state index contributed by atoms with van der Waals surface area (Å²) < 4.78 is 9.22. The molecule has 0 N–H and O–H groups in total. The predicted molar refractivity (Wildman–Crippen MR) is 139 cm³/mol. The second-order valence-electron chi connectivity index (χ2n) is 8.86. The van der Waals surface area contributed by atoms with Crippen molar-refractivity contribution in [2.75, 3.05) is 18.1 Å². The summed E-state index contributed by atoms with van der Waals surface area (Å²) in [6, 6.07) is 24.4. The summed E-state index contributed by atoms with van der Waals surface area (Å²) in [4.78, 5) is 19.7. The van der Waals surface area contributed by atoms with Crippen LogP contribution in [0.25, 0.3) is 11.0 Å². The Balaban J connectivity index is 1.28. The Morgan fingerprint density at radius 3 is 2.56 bits per heavy atom. The van der Waals surface area contributed by atoms with Crippen LogP contribution in [0.2, 0.25) is 0 Å². The lowest BCUT2D eigenvalue weighted by Crippen LogP contribution is -2.24. The Morgan fingerprint density at radius 1 is 1.00 bits per heavy atom. The summed E-state index contributed by atoms with van der Waals surface area (Å²) >= 11 is 3.47. The van der Waals surface area contributed by atoms with Crippen LogP contribution >= 0.6 is 15.9 Å². The zero-order valence-electron chi connectivity index (χ0n) is 19.3. The molecule has 0 saturated carbocycles. The molecule has 0 bridgehead atoms. The van der Waals surface area contributed by atoms with Gasteiger partial charge in [-0.1, -0.05) is 45.8 Å². The number of nitrogens with zero attached hydrogens (tertiary/aromatic N) is 3.